The molecule has 0 heterocycles. The largest absolute Gasteiger partial charge is 0.506 e. The number of hydrogen-bond acceptors (Lipinski definition) is 22. The number of sulfonamides is 4. The fraction of sp³-hybridized carbons (Fsp3) is 0.148. The zero-order valence-corrected chi connectivity index (χ0v) is 85.2. The number of nitrogens with one attached hydrogen (secondary N) is 4. The van der Waals surface area contributed by atoms with Gasteiger partial charge in [-0.15, -0.1) is 47.0 Å². The number of anilines is 4. The van der Waals surface area contributed by atoms with Gasteiger partial charge in [0.25, 0.3) is 40.1 Å². The van der Waals surface area contributed by atoms with E-state index < -0.39 is 81.5 Å². The molecule has 0 aliphatic carbocycles. The second kappa shape index (κ2) is 46.6. The molecule has 146 heavy (non-hydrogen) atoms. The van der Waals surface area contributed by atoms with Gasteiger partial charge in [-0.05, 0) is 179 Å². The number of carbonyl (C=O) groups is 4. The topological polar surface area (TPSA) is 433 Å². The predicted octanol–water partition coefficient (Wildman–Crippen LogP) is 25.0. The Morgan fingerprint density at radius 3 is 0.925 bits per heavy atom. The molecule has 0 saturated heterocycles. The van der Waals surface area contributed by atoms with Crippen molar-refractivity contribution in [3.63, 3.8) is 0 Å². The van der Waals surface area contributed by atoms with Gasteiger partial charge in [0, 0.05) is 54.7 Å². The van der Waals surface area contributed by atoms with Gasteiger partial charge in [-0.2, -0.15) is 13.2 Å². The van der Waals surface area contributed by atoms with E-state index in [1.54, 1.807) is 140 Å². The standard InChI is InChI=1S/C28H26FNO6S2.C28H27NO5S2.C27H25NO6S2.C25H18F3NO5S2/c1-17(2)15-36-19-10-11-21(24(29)13-19)18-6-5-7-20(12-18)38(34,35)30-25-14-26(37-16-27(31)32)28(33)23-9-4-3-8-22(23)25;1-28(2,3)20-13-11-18(12-14-20)19-7-6-8-21(15-19)36(33,34)29-24-16-25(35-17-26(30)31)27(32)23-10-5-4-9-22(23)24;1-17(2)34-20-9-5-7-18(13-20)19-8-6-10-21(14-19)36(32,33)28-24-15-25(35-16-26(29)30)27(31)23-12-4-3-11-22(23)24;26-25(27,28)17-7-3-5-15(11-17)16-6-4-8-18(12-16)36(33,34)29-21-13-22(35-14-23(30)31)24(32)20-10-2-1-9-19(20)21/h3-14,17,30,33H,15-16H2,1-2H3,(H,31,32);4-16,29,32H,17H2,1-3H3,(H,30,31);3-15,17,28,31H,16H2,1-2H3,(H,29,30);1-13,29,32H,14H2,(H,30,31). The molecule has 0 aromatic heterocycles. The molecule has 0 aliphatic heterocycles. The molecule has 16 aromatic carbocycles. The Bertz CT molecular complexity index is 8140. The Kier molecular flexibility index (Phi) is 34.7. The first-order chi connectivity index (χ1) is 69.1. The molecular formula is C108H96F4N4O22S8. The zero-order chi connectivity index (χ0) is 105. The molecule has 0 bridgehead atoms. The van der Waals surface area contributed by atoms with Gasteiger partial charge < -0.3 is 50.3 Å². The van der Waals surface area contributed by atoms with Crippen LogP contribution in [0.5, 0.6) is 34.5 Å². The fourth-order valence-electron chi connectivity index (χ4n) is 15.0. The molecule has 16 rings (SSSR count). The third kappa shape index (κ3) is 27.7. The Balaban J connectivity index is 0.000000163. The van der Waals surface area contributed by atoms with Gasteiger partial charge in [0.2, 0.25) is 0 Å². The van der Waals surface area contributed by atoms with Crippen LogP contribution in [-0.2, 0) is 70.9 Å². The van der Waals surface area contributed by atoms with Crippen LogP contribution in [0.15, 0.2) is 349 Å². The van der Waals surface area contributed by atoms with Gasteiger partial charge in [-0.1, -0.05) is 229 Å². The molecule has 756 valence electrons. The maximum atomic E-state index is 14.9. The number of carboxylic acids is 4. The third-order valence-electron chi connectivity index (χ3n) is 21.9. The Labute approximate surface area is 856 Å². The number of benzene rings is 16. The van der Waals surface area contributed by atoms with Crippen molar-refractivity contribution in [2.45, 2.75) is 105 Å². The van der Waals surface area contributed by atoms with E-state index in [-0.39, 0.29) is 142 Å². The van der Waals surface area contributed by atoms with Crippen molar-refractivity contribution in [1.29, 1.82) is 0 Å². The monoisotopic (exact) mass is 2130 g/mol. The van der Waals surface area contributed by atoms with Gasteiger partial charge in [-0.3, -0.25) is 38.1 Å². The van der Waals surface area contributed by atoms with E-state index in [4.69, 9.17) is 29.9 Å². The number of phenols is 4. The highest BCUT2D eigenvalue weighted by Gasteiger charge is 2.32. The molecule has 38 heteroatoms. The normalized spacial score (nSPS) is 11.8. The molecule has 0 saturated carbocycles. The Hall–Kier alpha value is -14.6. The number of phenolic OH excluding ortho intramolecular Hbond substituents is 4. The summed E-state index contributed by atoms with van der Waals surface area (Å²) in [7, 11) is -16.4. The Morgan fingerprint density at radius 2 is 0.616 bits per heavy atom. The van der Waals surface area contributed by atoms with Gasteiger partial charge >= 0.3 is 30.1 Å². The maximum Gasteiger partial charge on any atom is 0.416 e. The summed E-state index contributed by atoms with van der Waals surface area (Å²) in [5.74, 6) is -5.14. The minimum absolute atomic E-state index is 0.00912. The van der Waals surface area contributed by atoms with E-state index in [0.717, 1.165) is 75.9 Å². The van der Waals surface area contributed by atoms with E-state index in [2.05, 4.69) is 39.7 Å². The quantitative estimate of drug-likeness (QED) is 0.0103. The number of alkyl halides is 3. The lowest BCUT2D eigenvalue weighted by Crippen LogP contribution is -2.13. The molecule has 12 N–H and O–H groups in total. The van der Waals surface area contributed by atoms with E-state index in [9.17, 15) is 90.8 Å². The van der Waals surface area contributed by atoms with Crippen LogP contribution >= 0.6 is 47.0 Å². The Morgan fingerprint density at radius 1 is 0.322 bits per heavy atom. The molecular weight excluding hydrogens is 2040 g/mol. The van der Waals surface area contributed by atoms with E-state index in [1.807, 2.05) is 88.4 Å². The number of fused-ring (bicyclic) bond motifs is 4. The van der Waals surface area contributed by atoms with Crippen LogP contribution in [0.2, 0.25) is 0 Å². The third-order valence-corrected chi connectivity index (χ3v) is 31.4. The van der Waals surface area contributed by atoms with Crippen LogP contribution in [0.4, 0.5) is 40.3 Å². The molecule has 0 aliphatic rings. The van der Waals surface area contributed by atoms with Crippen molar-refractivity contribution < 1.29 is 121 Å². The highest BCUT2D eigenvalue weighted by molar-refractivity contribution is 8.01. The lowest BCUT2D eigenvalue weighted by Gasteiger charge is -2.19. The fourth-order valence-corrected chi connectivity index (χ4v) is 22.4. The maximum absolute atomic E-state index is 14.9. The van der Waals surface area contributed by atoms with Crippen LogP contribution in [-0.4, -0.2) is 134 Å². The van der Waals surface area contributed by atoms with Crippen LogP contribution in [0.25, 0.3) is 87.6 Å². The molecule has 0 spiro atoms. The summed E-state index contributed by atoms with van der Waals surface area (Å²) in [4.78, 5) is 45.0. The van der Waals surface area contributed by atoms with Crippen molar-refractivity contribution in [3.05, 3.63) is 326 Å². The average Bonchev–Trinajstić information content (AvgIpc) is 0.791. The number of halogens is 4. The summed E-state index contributed by atoms with van der Waals surface area (Å²) in [5, 5.41) is 82.0. The molecule has 0 fully saturated rings. The van der Waals surface area contributed by atoms with Gasteiger partial charge in [0.1, 0.15) is 40.3 Å². The SMILES string of the molecule is CC(C)(C)c1ccc(-c2cccc(S(=O)(=O)Nc3cc(SCC(=O)O)c(O)c4ccccc34)c2)cc1.CC(C)COc1ccc(-c2cccc(S(=O)(=O)Nc3cc(SCC(=O)O)c(O)c4ccccc34)c2)c(F)c1.CC(C)Oc1cccc(-c2cccc(S(=O)(=O)Nc3cc(SCC(=O)O)c(O)c4ccccc34)c2)c1.O=C(O)CSc1cc(NS(=O)(=O)c2cccc(-c3cccc(C(F)(F)F)c3)c2)c2ccccc2c1O. The van der Waals surface area contributed by atoms with Gasteiger partial charge in [-0.25, -0.2) is 38.1 Å². The summed E-state index contributed by atoms with van der Waals surface area (Å²) < 4.78 is 183. The van der Waals surface area contributed by atoms with Crippen molar-refractivity contribution in [2.24, 2.45) is 5.92 Å². The number of thioether (sulfide) groups is 4. The second-order valence-electron chi connectivity index (χ2n) is 34.5. The molecule has 0 atom stereocenters. The lowest BCUT2D eigenvalue weighted by atomic mass is 9.86. The van der Waals surface area contributed by atoms with Crippen LogP contribution in [0.3, 0.4) is 0 Å². The predicted molar refractivity (Wildman–Crippen MR) is 566 cm³/mol. The summed E-state index contributed by atoms with van der Waals surface area (Å²) in [6, 6.07) is 81.6. The molecule has 0 unspecified atom stereocenters. The van der Waals surface area contributed by atoms with Crippen LogP contribution in [0, 0.1) is 11.7 Å². The van der Waals surface area contributed by atoms with Crippen molar-refractivity contribution in [2.75, 3.05) is 48.5 Å². The van der Waals surface area contributed by atoms with Crippen molar-refractivity contribution >= 4 is 177 Å². The smallest absolute Gasteiger partial charge is 0.416 e. The first kappa shape index (κ1) is 109. The number of hydrogen-bond donors (Lipinski definition) is 12. The summed E-state index contributed by atoms with van der Waals surface area (Å²) in [6.07, 6.45) is -4.53. The highest BCUT2D eigenvalue weighted by Crippen LogP contribution is 2.47. The van der Waals surface area contributed by atoms with Crippen LogP contribution in [0.1, 0.15) is 59.6 Å². The number of aliphatic carboxylic acids is 4. The molecule has 16 aromatic rings. The lowest BCUT2D eigenvalue weighted by molar-refractivity contribution is -0.138. The average molecular weight is 2130 g/mol. The van der Waals surface area contributed by atoms with Gasteiger partial charge in [0.15, 0.2) is 0 Å². The first-order valence-corrected chi connectivity index (χ1v) is 54.3. The first-order valence-electron chi connectivity index (χ1n) is 44.5. The molecule has 0 amide bonds. The summed E-state index contributed by atoms with van der Waals surface area (Å²) in [5.41, 5.74) is 5.41. The highest BCUT2D eigenvalue weighted by atomic mass is 32.2. The number of ether oxygens (including phenoxy) is 2. The summed E-state index contributed by atoms with van der Waals surface area (Å²) in [6.45, 7) is 14.7. The number of aromatic hydroxyl groups is 4. The zero-order valence-electron chi connectivity index (χ0n) is 78.7. The minimum atomic E-state index is -4.54. The van der Waals surface area contributed by atoms with Gasteiger partial charge in [0.05, 0.1) is 103 Å². The van der Waals surface area contributed by atoms with E-state index in [0.29, 0.717) is 72.3 Å². The number of rotatable bonds is 33. The molecule has 0 radical (unpaired) electrons. The van der Waals surface area contributed by atoms with Crippen LogP contribution < -0.4 is 28.4 Å². The second-order valence-corrected chi connectivity index (χ2v) is 45.3. The minimum Gasteiger partial charge on any atom is -0.506 e. The molecule has 26 nitrogen and oxygen atoms in total. The van der Waals surface area contributed by atoms with Crippen molar-refractivity contribution in [3.8, 4) is 79.0 Å². The van der Waals surface area contributed by atoms with E-state index >= 15 is 0 Å². The van der Waals surface area contributed by atoms with E-state index in [1.165, 1.54) is 103 Å². The summed E-state index contributed by atoms with van der Waals surface area (Å²) >= 11 is 3.55. The number of carboxylic acid groups (broad SMARTS) is 4. The van der Waals surface area contributed by atoms with Crippen molar-refractivity contribution in [1.82, 2.24) is 0 Å².